The minimum Gasteiger partial charge on any atom is -0.506 e. The second-order valence-electron chi connectivity index (χ2n) is 4.59. The molecule has 94 valence electrons. The lowest BCUT2D eigenvalue weighted by Crippen LogP contribution is -2.04. The average molecular weight is 242 g/mol. The van der Waals surface area contributed by atoms with E-state index in [-0.39, 0.29) is 5.75 Å². The summed E-state index contributed by atoms with van der Waals surface area (Å²) in [7, 11) is 0. The molecule has 2 N–H and O–H groups in total. The molecule has 2 aromatic rings. The number of hydrogen-bond donors (Lipinski definition) is 2. The van der Waals surface area contributed by atoms with Crippen LogP contribution in [0.15, 0.2) is 30.3 Å². The van der Waals surface area contributed by atoms with Crippen molar-refractivity contribution < 1.29 is 5.11 Å². The van der Waals surface area contributed by atoms with Crippen molar-refractivity contribution in [2.75, 3.05) is 5.32 Å². The van der Waals surface area contributed by atoms with Gasteiger partial charge in [-0.2, -0.15) is 0 Å². The first-order valence-corrected chi connectivity index (χ1v) is 6.03. The number of aromatic nitrogens is 1. The summed E-state index contributed by atoms with van der Waals surface area (Å²) in [5.74, 6) is 0.234. The van der Waals surface area contributed by atoms with Crippen molar-refractivity contribution in [3.8, 4) is 5.75 Å². The highest BCUT2D eigenvalue weighted by Crippen LogP contribution is 2.19. The molecule has 1 heterocycles. The maximum Gasteiger partial charge on any atom is 0.138 e. The van der Waals surface area contributed by atoms with E-state index < -0.39 is 0 Å². The maximum absolute atomic E-state index is 9.72. The van der Waals surface area contributed by atoms with E-state index in [0.29, 0.717) is 12.2 Å². The van der Waals surface area contributed by atoms with Crippen LogP contribution in [0.4, 0.5) is 5.69 Å². The first-order chi connectivity index (χ1) is 8.56. The SMILES string of the molecule is Cc1ccc(NCc2nc(C)ccc2O)c(C)c1. The van der Waals surface area contributed by atoms with Gasteiger partial charge in [-0.15, -0.1) is 0 Å². The van der Waals surface area contributed by atoms with E-state index in [1.54, 1.807) is 12.1 Å². The molecule has 3 heteroatoms. The number of aryl methyl sites for hydroxylation is 3. The van der Waals surface area contributed by atoms with Crippen molar-refractivity contribution in [2.24, 2.45) is 0 Å². The second-order valence-corrected chi connectivity index (χ2v) is 4.59. The van der Waals surface area contributed by atoms with Gasteiger partial charge < -0.3 is 10.4 Å². The lowest BCUT2D eigenvalue weighted by Gasteiger charge is -2.11. The molecule has 0 aliphatic heterocycles. The van der Waals surface area contributed by atoms with Crippen molar-refractivity contribution in [1.82, 2.24) is 4.98 Å². The van der Waals surface area contributed by atoms with E-state index in [0.717, 1.165) is 11.4 Å². The van der Waals surface area contributed by atoms with Gasteiger partial charge in [0.15, 0.2) is 0 Å². The third-order valence-electron chi connectivity index (χ3n) is 2.92. The molecule has 0 spiro atoms. The number of nitrogens with zero attached hydrogens (tertiary/aromatic N) is 1. The van der Waals surface area contributed by atoms with Crippen LogP contribution in [0.1, 0.15) is 22.5 Å². The van der Waals surface area contributed by atoms with Gasteiger partial charge >= 0.3 is 0 Å². The number of pyridine rings is 1. The van der Waals surface area contributed by atoms with Crippen molar-refractivity contribution >= 4 is 5.69 Å². The van der Waals surface area contributed by atoms with Gasteiger partial charge in [-0.3, -0.25) is 4.98 Å². The number of rotatable bonds is 3. The van der Waals surface area contributed by atoms with E-state index in [9.17, 15) is 5.11 Å². The molecule has 1 aromatic heterocycles. The van der Waals surface area contributed by atoms with E-state index in [1.807, 2.05) is 6.92 Å². The van der Waals surface area contributed by atoms with Gasteiger partial charge in [0.2, 0.25) is 0 Å². The summed E-state index contributed by atoms with van der Waals surface area (Å²) < 4.78 is 0. The first kappa shape index (κ1) is 12.4. The number of nitrogens with one attached hydrogen (secondary N) is 1. The second kappa shape index (κ2) is 5.08. The Labute approximate surface area is 108 Å². The third kappa shape index (κ3) is 2.80. The predicted octanol–water partition coefficient (Wildman–Crippen LogP) is 3.32. The molecule has 2 rings (SSSR count). The molecule has 0 bridgehead atoms. The fourth-order valence-corrected chi connectivity index (χ4v) is 1.92. The lowest BCUT2D eigenvalue weighted by molar-refractivity contribution is 0.464. The van der Waals surface area contributed by atoms with Gasteiger partial charge in [0.1, 0.15) is 11.4 Å². The zero-order valence-electron chi connectivity index (χ0n) is 11.0. The molecule has 0 amide bonds. The average Bonchev–Trinajstić information content (AvgIpc) is 2.32. The van der Waals surface area contributed by atoms with Gasteiger partial charge in [0.05, 0.1) is 6.54 Å². The van der Waals surface area contributed by atoms with Gasteiger partial charge in [-0.1, -0.05) is 17.7 Å². The summed E-state index contributed by atoms with van der Waals surface area (Å²) in [6.07, 6.45) is 0. The van der Waals surface area contributed by atoms with E-state index in [4.69, 9.17) is 0 Å². The molecular weight excluding hydrogens is 224 g/mol. The smallest absolute Gasteiger partial charge is 0.138 e. The first-order valence-electron chi connectivity index (χ1n) is 6.03. The highest BCUT2D eigenvalue weighted by atomic mass is 16.3. The minimum atomic E-state index is 0.234. The van der Waals surface area contributed by atoms with E-state index in [1.165, 1.54) is 11.1 Å². The number of anilines is 1. The van der Waals surface area contributed by atoms with Crippen molar-refractivity contribution in [3.05, 3.63) is 52.8 Å². The summed E-state index contributed by atoms with van der Waals surface area (Å²) in [5.41, 5.74) is 5.10. The Hall–Kier alpha value is -2.03. The molecule has 0 radical (unpaired) electrons. The summed E-state index contributed by atoms with van der Waals surface area (Å²) in [6, 6.07) is 9.74. The van der Waals surface area contributed by atoms with Crippen LogP contribution < -0.4 is 5.32 Å². The number of benzene rings is 1. The Bertz CT molecular complexity index is 564. The minimum absolute atomic E-state index is 0.234. The van der Waals surface area contributed by atoms with Crippen molar-refractivity contribution in [3.63, 3.8) is 0 Å². The molecule has 0 atom stereocenters. The van der Waals surface area contributed by atoms with Crippen LogP contribution >= 0.6 is 0 Å². The Morgan fingerprint density at radius 1 is 1.11 bits per heavy atom. The van der Waals surface area contributed by atoms with Gasteiger partial charge in [0.25, 0.3) is 0 Å². The van der Waals surface area contributed by atoms with Gasteiger partial charge in [-0.25, -0.2) is 0 Å². The fraction of sp³-hybridized carbons (Fsp3) is 0.267. The Morgan fingerprint density at radius 2 is 1.89 bits per heavy atom. The molecule has 3 nitrogen and oxygen atoms in total. The molecule has 0 saturated carbocycles. The Kier molecular flexibility index (Phi) is 3.51. The molecular formula is C15H18N2O. The van der Waals surface area contributed by atoms with E-state index in [2.05, 4.69) is 42.3 Å². The largest absolute Gasteiger partial charge is 0.506 e. The zero-order valence-corrected chi connectivity index (χ0v) is 11.0. The zero-order chi connectivity index (χ0) is 13.1. The molecule has 1 aromatic carbocycles. The molecule has 18 heavy (non-hydrogen) atoms. The van der Waals surface area contributed by atoms with Crippen molar-refractivity contribution in [2.45, 2.75) is 27.3 Å². The summed E-state index contributed by atoms with van der Waals surface area (Å²) in [4.78, 5) is 4.32. The van der Waals surface area contributed by atoms with Crippen LogP contribution in [-0.4, -0.2) is 10.1 Å². The number of aromatic hydroxyl groups is 1. The van der Waals surface area contributed by atoms with Crippen LogP contribution in [0.5, 0.6) is 5.75 Å². The molecule has 0 aliphatic carbocycles. The highest BCUT2D eigenvalue weighted by molar-refractivity contribution is 5.52. The predicted molar refractivity (Wildman–Crippen MR) is 73.9 cm³/mol. The summed E-state index contributed by atoms with van der Waals surface area (Å²) in [5, 5.41) is 13.0. The standard InChI is InChI=1S/C15H18N2O/c1-10-4-6-13(11(2)8-10)16-9-14-15(18)7-5-12(3)17-14/h4-8,16,18H,9H2,1-3H3. The Morgan fingerprint density at radius 3 is 2.61 bits per heavy atom. The summed E-state index contributed by atoms with van der Waals surface area (Å²) in [6.45, 7) is 6.58. The number of hydrogen-bond acceptors (Lipinski definition) is 3. The molecule has 0 aliphatic rings. The van der Waals surface area contributed by atoms with Crippen LogP contribution in [0.2, 0.25) is 0 Å². The van der Waals surface area contributed by atoms with E-state index >= 15 is 0 Å². The summed E-state index contributed by atoms with van der Waals surface area (Å²) >= 11 is 0. The van der Waals surface area contributed by atoms with Crippen LogP contribution in [0, 0.1) is 20.8 Å². The Balaban J connectivity index is 2.13. The van der Waals surface area contributed by atoms with Gasteiger partial charge in [0, 0.05) is 11.4 Å². The topological polar surface area (TPSA) is 45.2 Å². The van der Waals surface area contributed by atoms with Crippen LogP contribution in [0.25, 0.3) is 0 Å². The van der Waals surface area contributed by atoms with Gasteiger partial charge in [-0.05, 0) is 44.5 Å². The van der Waals surface area contributed by atoms with Crippen molar-refractivity contribution in [1.29, 1.82) is 0 Å². The molecule has 0 fully saturated rings. The quantitative estimate of drug-likeness (QED) is 0.867. The van der Waals surface area contributed by atoms with Crippen LogP contribution in [-0.2, 0) is 6.54 Å². The fourth-order valence-electron chi connectivity index (χ4n) is 1.92. The highest BCUT2D eigenvalue weighted by Gasteiger charge is 2.04. The molecule has 0 unspecified atom stereocenters. The maximum atomic E-state index is 9.72. The monoisotopic (exact) mass is 242 g/mol. The molecule has 0 saturated heterocycles. The van der Waals surface area contributed by atoms with Crippen LogP contribution in [0.3, 0.4) is 0 Å². The normalized spacial score (nSPS) is 10.4. The lowest BCUT2D eigenvalue weighted by atomic mass is 10.1. The third-order valence-corrected chi connectivity index (χ3v) is 2.92.